The fraction of sp³-hybridized carbons (Fsp3) is 0.429. The van der Waals surface area contributed by atoms with Gasteiger partial charge in [-0.05, 0) is 37.0 Å². The second-order valence-corrected chi connectivity index (χ2v) is 4.74. The van der Waals surface area contributed by atoms with Crippen molar-refractivity contribution in [2.45, 2.75) is 38.4 Å². The third kappa shape index (κ3) is 2.21. The summed E-state index contributed by atoms with van der Waals surface area (Å²) in [7, 11) is 0. The van der Waals surface area contributed by atoms with Gasteiger partial charge in [0.25, 0.3) is 0 Å². The van der Waals surface area contributed by atoms with E-state index < -0.39 is 12.1 Å². The predicted octanol–water partition coefficient (Wildman–Crippen LogP) is 2.69. The number of benzene rings is 1. The minimum absolute atomic E-state index is 0.349. The first-order chi connectivity index (χ1) is 9.17. The maximum Gasteiger partial charge on any atom is 0.332 e. The Bertz CT molecular complexity index is 619. The van der Waals surface area contributed by atoms with Crippen LogP contribution in [-0.2, 0) is 16.0 Å². The Labute approximate surface area is 110 Å². The number of ether oxygens (including phenoxy) is 1. The molecule has 1 fully saturated rings. The molecule has 100 valence electrons. The quantitative estimate of drug-likeness (QED) is 0.919. The van der Waals surface area contributed by atoms with Crippen molar-refractivity contribution < 1.29 is 19.1 Å². The number of carboxylic acid groups (broad SMARTS) is 1. The van der Waals surface area contributed by atoms with Crippen molar-refractivity contribution >= 4 is 17.1 Å². The van der Waals surface area contributed by atoms with Gasteiger partial charge in [0.2, 0.25) is 5.89 Å². The first-order valence-corrected chi connectivity index (χ1v) is 6.45. The number of rotatable bonds is 3. The van der Waals surface area contributed by atoms with Gasteiger partial charge < -0.3 is 14.3 Å². The molecule has 0 saturated carbocycles. The predicted molar refractivity (Wildman–Crippen MR) is 67.9 cm³/mol. The summed E-state index contributed by atoms with van der Waals surface area (Å²) < 4.78 is 11.1. The molecule has 0 amide bonds. The normalized spacial score (nSPS) is 23.0. The highest BCUT2D eigenvalue weighted by atomic mass is 16.5. The molecule has 1 aromatic carbocycles. The molecule has 5 heteroatoms. The van der Waals surface area contributed by atoms with Crippen LogP contribution in [0.5, 0.6) is 0 Å². The van der Waals surface area contributed by atoms with E-state index in [1.165, 1.54) is 5.56 Å². The van der Waals surface area contributed by atoms with Crippen LogP contribution in [0.1, 0.15) is 37.3 Å². The van der Waals surface area contributed by atoms with E-state index in [1.807, 2.05) is 18.2 Å². The molecule has 5 nitrogen and oxygen atoms in total. The van der Waals surface area contributed by atoms with Gasteiger partial charge in [0.1, 0.15) is 11.6 Å². The third-order valence-electron chi connectivity index (χ3n) is 3.45. The lowest BCUT2D eigenvalue weighted by atomic mass is 10.1. The number of carbonyl (C=O) groups is 1. The molecular formula is C14H15NO4. The van der Waals surface area contributed by atoms with E-state index in [0.29, 0.717) is 18.7 Å². The van der Waals surface area contributed by atoms with Crippen molar-refractivity contribution in [1.82, 2.24) is 4.98 Å². The molecule has 0 radical (unpaired) electrons. The molecule has 1 saturated heterocycles. The largest absolute Gasteiger partial charge is 0.479 e. The van der Waals surface area contributed by atoms with E-state index in [4.69, 9.17) is 14.3 Å². The van der Waals surface area contributed by atoms with Crippen molar-refractivity contribution in [3.05, 3.63) is 29.7 Å². The van der Waals surface area contributed by atoms with Crippen LogP contribution in [0, 0.1) is 0 Å². The first kappa shape index (κ1) is 12.2. The fourth-order valence-corrected chi connectivity index (χ4v) is 2.35. The zero-order chi connectivity index (χ0) is 13.4. The van der Waals surface area contributed by atoms with Gasteiger partial charge in [0, 0.05) is 0 Å². The van der Waals surface area contributed by atoms with Crippen molar-refractivity contribution in [3.63, 3.8) is 0 Å². The molecule has 2 atom stereocenters. The number of oxazole rings is 1. The molecule has 1 N–H and O–H groups in total. The lowest BCUT2D eigenvalue weighted by molar-refractivity contribution is -0.149. The van der Waals surface area contributed by atoms with Crippen LogP contribution in [0.4, 0.5) is 0 Å². The van der Waals surface area contributed by atoms with Crippen LogP contribution >= 0.6 is 0 Å². The molecule has 2 unspecified atom stereocenters. The molecule has 2 heterocycles. The Kier molecular flexibility index (Phi) is 2.98. The maximum atomic E-state index is 10.9. The van der Waals surface area contributed by atoms with Crippen LogP contribution in [-0.4, -0.2) is 22.2 Å². The molecular weight excluding hydrogens is 246 g/mol. The van der Waals surface area contributed by atoms with Gasteiger partial charge in [0.05, 0.1) is 0 Å². The summed E-state index contributed by atoms with van der Waals surface area (Å²) >= 11 is 0. The molecule has 0 spiro atoms. The number of hydrogen-bond donors (Lipinski definition) is 1. The summed E-state index contributed by atoms with van der Waals surface area (Å²) in [6.45, 7) is 2.08. The van der Waals surface area contributed by atoms with E-state index in [9.17, 15) is 4.79 Å². The Morgan fingerprint density at radius 2 is 2.32 bits per heavy atom. The highest BCUT2D eigenvalue weighted by molar-refractivity contribution is 5.74. The number of nitrogens with zero attached hydrogens (tertiary/aromatic N) is 1. The Morgan fingerprint density at radius 3 is 3.00 bits per heavy atom. The number of aryl methyl sites for hydroxylation is 1. The first-order valence-electron chi connectivity index (χ1n) is 6.45. The van der Waals surface area contributed by atoms with Gasteiger partial charge in [-0.3, -0.25) is 0 Å². The van der Waals surface area contributed by atoms with Gasteiger partial charge in [-0.25, -0.2) is 9.78 Å². The lowest BCUT2D eigenvalue weighted by Crippen LogP contribution is -2.18. The molecule has 3 rings (SSSR count). The summed E-state index contributed by atoms with van der Waals surface area (Å²) in [5, 5.41) is 8.91. The fourth-order valence-electron chi connectivity index (χ4n) is 2.35. The van der Waals surface area contributed by atoms with Crippen LogP contribution in [0.15, 0.2) is 22.6 Å². The number of hydrogen-bond acceptors (Lipinski definition) is 4. The SMILES string of the molecule is CCc1ccc2oc(C3CCC(C(=O)O)O3)nc2c1. The van der Waals surface area contributed by atoms with Gasteiger partial charge >= 0.3 is 5.97 Å². The number of aromatic nitrogens is 1. The minimum atomic E-state index is -0.924. The van der Waals surface area contributed by atoms with E-state index in [0.717, 1.165) is 17.5 Å². The highest BCUT2D eigenvalue weighted by Gasteiger charge is 2.34. The van der Waals surface area contributed by atoms with E-state index >= 15 is 0 Å². The zero-order valence-electron chi connectivity index (χ0n) is 10.6. The van der Waals surface area contributed by atoms with Crippen LogP contribution < -0.4 is 0 Å². The van der Waals surface area contributed by atoms with Crippen molar-refractivity contribution in [3.8, 4) is 0 Å². The summed E-state index contributed by atoms with van der Waals surface area (Å²) in [5.41, 5.74) is 2.72. The lowest BCUT2D eigenvalue weighted by Gasteiger charge is -2.06. The molecule has 0 aliphatic carbocycles. The van der Waals surface area contributed by atoms with Crippen molar-refractivity contribution in [2.24, 2.45) is 0 Å². The summed E-state index contributed by atoms with van der Waals surface area (Å²) in [6.07, 6.45) is 0.979. The molecule has 2 aromatic rings. The second kappa shape index (κ2) is 4.66. The summed E-state index contributed by atoms with van der Waals surface area (Å²) in [6, 6.07) is 5.90. The number of fused-ring (bicyclic) bond motifs is 1. The van der Waals surface area contributed by atoms with E-state index in [-0.39, 0.29) is 6.10 Å². The van der Waals surface area contributed by atoms with Gasteiger partial charge in [0.15, 0.2) is 11.7 Å². The molecule has 1 aliphatic heterocycles. The summed E-state index contributed by atoms with van der Waals surface area (Å²) in [5.74, 6) is -0.445. The third-order valence-corrected chi connectivity index (χ3v) is 3.45. The average molecular weight is 261 g/mol. The van der Waals surface area contributed by atoms with Crippen molar-refractivity contribution in [2.75, 3.05) is 0 Å². The van der Waals surface area contributed by atoms with E-state index in [2.05, 4.69) is 11.9 Å². The minimum Gasteiger partial charge on any atom is -0.479 e. The van der Waals surface area contributed by atoms with E-state index in [1.54, 1.807) is 0 Å². The van der Waals surface area contributed by atoms with Crippen LogP contribution in [0.3, 0.4) is 0 Å². The van der Waals surface area contributed by atoms with Crippen molar-refractivity contribution in [1.29, 1.82) is 0 Å². The maximum absolute atomic E-state index is 10.9. The number of aliphatic carboxylic acids is 1. The number of carboxylic acids is 1. The standard InChI is InChI=1S/C14H15NO4/c1-2-8-3-4-10-9(7-8)15-13(19-10)11-5-6-12(18-11)14(16)17/h3-4,7,11-12H,2,5-6H2,1H3,(H,16,17). The average Bonchev–Trinajstić information content (AvgIpc) is 3.04. The molecule has 1 aliphatic rings. The molecule has 0 bridgehead atoms. The monoisotopic (exact) mass is 261 g/mol. The summed E-state index contributed by atoms with van der Waals surface area (Å²) in [4.78, 5) is 15.3. The second-order valence-electron chi connectivity index (χ2n) is 4.74. The van der Waals surface area contributed by atoms with Gasteiger partial charge in [-0.15, -0.1) is 0 Å². The topological polar surface area (TPSA) is 72.6 Å². The highest BCUT2D eigenvalue weighted by Crippen LogP contribution is 2.34. The Balaban J connectivity index is 1.88. The zero-order valence-corrected chi connectivity index (χ0v) is 10.6. The molecule has 19 heavy (non-hydrogen) atoms. The van der Waals surface area contributed by atoms with Gasteiger partial charge in [-0.1, -0.05) is 13.0 Å². The smallest absolute Gasteiger partial charge is 0.332 e. The Hall–Kier alpha value is -1.88. The Morgan fingerprint density at radius 1 is 1.47 bits per heavy atom. The van der Waals surface area contributed by atoms with Crippen LogP contribution in [0.2, 0.25) is 0 Å². The van der Waals surface area contributed by atoms with Gasteiger partial charge in [-0.2, -0.15) is 0 Å². The molecule has 1 aromatic heterocycles. The van der Waals surface area contributed by atoms with Crippen LogP contribution in [0.25, 0.3) is 11.1 Å².